The number of carbonyl (C=O) groups is 1. The summed E-state index contributed by atoms with van der Waals surface area (Å²) >= 11 is 0. The van der Waals surface area contributed by atoms with Gasteiger partial charge in [0.05, 0.1) is 18.9 Å². The van der Waals surface area contributed by atoms with Crippen LogP contribution in [0, 0.1) is 0 Å². The monoisotopic (exact) mass is 325 g/mol. The van der Waals surface area contributed by atoms with Gasteiger partial charge in [0, 0.05) is 18.1 Å². The molecule has 0 saturated heterocycles. The van der Waals surface area contributed by atoms with Gasteiger partial charge in [-0.15, -0.1) is 0 Å². The van der Waals surface area contributed by atoms with Crippen LogP contribution < -0.4 is 4.74 Å². The maximum atomic E-state index is 12.4. The fourth-order valence-corrected chi connectivity index (χ4v) is 2.33. The first-order valence-corrected chi connectivity index (χ1v) is 7.17. The molecule has 122 valence electrons. The van der Waals surface area contributed by atoms with Gasteiger partial charge in [0.1, 0.15) is 18.3 Å². The Morgan fingerprint density at radius 3 is 2.92 bits per heavy atom. The average Bonchev–Trinajstić information content (AvgIpc) is 3.27. The molecule has 0 fully saturated rings. The molecule has 0 aliphatic heterocycles. The second-order valence-electron chi connectivity index (χ2n) is 5.02. The lowest BCUT2D eigenvalue weighted by Gasteiger charge is -2.07. The molecule has 3 aromatic rings. The van der Waals surface area contributed by atoms with E-state index in [0.717, 1.165) is 17.4 Å². The summed E-state index contributed by atoms with van der Waals surface area (Å²) in [4.78, 5) is 16.2. The van der Waals surface area contributed by atoms with E-state index in [0.29, 0.717) is 17.5 Å². The molecule has 7 nitrogen and oxygen atoms in total. The summed E-state index contributed by atoms with van der Waals surface area (Å²) in [5, 5.41) is 16.1. The largest absolute Gasteiger partial charge is 0.504 e. The first-order valence-electron chi connectivity index (χ1n) is 7.17. The van der Waals surface area contributed by atoms with Crippen LogP contribution in [0.3, 0.4) is 0 Å². The highest BCUT2D eigenvalue weighted by Crippen LogP contribution is 2.24. The van der Waals surface area contributed by atoms with Gasteiger partial charge in [0.2, 0.25) is 5.82 Å². The van der Waals surface area contributed by atoms with Crippen LogP contribution in [0.25, 0.3) is 5.76 Å². The Morgan fingerprint density at radius 2 is 2.17 bits per heavy atom. The molecule has 0 radical (unpaired) electrons. The van der Waals surface area contributed by atoms with Gasteiger partial charge >= 0.3 is 0 Å². The van der Waals surface area contributed by atoms with Crippen LogP contribution in [-0.4, -0.2) is 33.2 Å². The van der Waals surface area contributed by atoms with E-state index in [4.69, 9.17) is 9.15 Å². The van der Waals surface area contributed by atoms with Crippen molar-refractivity contribution in [3.8, 4) is 5.75 Å². The molecule has 2 aromatic heterocycles. The number of allylic oxidation sites excluding steroid dienone is 1. The number of furan rings is 1. The second kappa shape index (κ2) is 6.82. The van der Waals surface area contributed by atoms with Crippen LogP contribution in [0.5, 0.6) is 5.75 Å². The summed E-state index contributed by atoms with van der Waals surface area (Å²) in [6.07, 6.45) is 5.72. The third kappa shape index (κ3) is 3.19. The first-order chi connectivity index (χ1) is 11.7. The number of benzene rings is 1. The van der Waals surface area contributed by atoms with Crippen molar-refractivity contribution in [1.29, 1.82) is 0 Å². The highest BCUT2D eigenvalue weighted by atomic mass is 16.5. The van der Waals surface area contributed by atoms with E-state index in [1.54, 1.807) is 7.11 Å². The van der Waals surface area contributed by atoms with Gasteiger partial charge < -0.3 is 14.3 Å². The van der Waals surface area contributed by atoms with Crippen molar-refractivity contribution in [2.45, 2.75) is 6.42 Å². The third-order valence-corrected chi connectivity index (χ3v) is 3.49. The van der Waals surface area contributed by atoms with Gasteiger partial charge in [-0.2, -0.15) is 5.10 Å². The lowest BCUT2D eigenvalue weighted by molar-refractivity contribution is 0.104. The molecule has 0 atom stereocenters. The topological polar surface area (TPSA) is 101 Å². The van der Waals surface area contributed by atoms with Crippen LogP contribution in [0.2, 0.25) is 0 Å². The number of hydrogen-bond donors (Lipinski definition) is 2. The van der Waals surface area contributed by atoms with Crippen LogP contribution in [0.1, 0.15) is 27.3 Å². The Kier molecular flexibility index (Phi) is 4.42. The zero-order chi connectivity index (χ0) is 16.9. The number of methoxy groups -OCH3 is 1. The quantitative estimate of drug-likeness (QED) is 0.410. The predicted molar refractivity (Wildman–Crippen MR) is 85.8 cm³/mol. The summed E-state index contributed by atoms with van der Waals surface area (Å²) < 4.78 is 10.5. The highest BCUT2D eigenvalue weighted by Gasteiger charge is 2.16. The Labute approximate surface area is 137 Å². The predicted octanol–water partition coefficient (Wildman–Crippen LogP) is 2.78. The zero-order valence-electron chi connectivity index (χ0n) is 12.9. The number of hydrogen-bond acceptors (Lipinski definition) is 6. The van der Waals surface area contributed by atoms with E-state index >= 15 is 0 Å². The maximum absolute atomic E-state index is 12.4. The number of carbonyl (C=O) groups excluding carboxylic acids is 1. The number of nitrogens with one attached hydrogen (secondary N) is 1. The molecule has 3 rings (SSSR count). The number of H-pyrrole nitrogens is 1. The Hall–Kier alpha value is -3.35. The molecule has 2 N–H and O–H groups in total. The van der Waals surface area contributed by atoms with Gasteiger partial charge in [-0.25, -0.2) is 4.98 Å². The van der Waals surface area contributed by atoms with E-state index in [-0.39, 0.29) is 11.6 Å². The van der Waals surface area contributed by atoms with Gasteiger partial charge in [-0.3, -0.25) is 9.89 Å². The van der Waals surface area contributed by atoms with E-state index in [1.807, 2.05) is 24.3 Å². The van der Waals surface area contributed by atoms with E-state index in [9.17, 15) is 9.90 Å². The number of aromatic amines is 1. The summed E-state index contributed by atoms with van der Waals surface area (Å²) in [5.74, 6) is 0.0796. The standard InChI is InChI=1S/C17H15N3O4/c1-23-16-5-3-2-4-11(16)6-12-8-24-9-13(12)14(21)7-15(22)17-18-10-19-20-17/h2-5,7-10,22H,6H2,1H3,(H,18,19,20). The Balaban J connectivity index is 1.85. The van der Waals surface area contributed by atoms with Crippen molar-refractivity contribution >= 4 is 11.5 Å². The fraction of sp³-hybridized carbons (Fsp3) is 0.118. The molecule has 0 amide bonds. The van der Waals surface area contributed by atoms with Crippen molar-refractivity contribution in [2.24, 2.45) is 0 Å². The van der Waals surface area contributed by atoms with Gasteiger partial charge in [0.25, 0.3) is 0 Å². The molecule has 0 saturated carbocycles. The van der Waals surface area contributed by atoms with Crippen molar-refractivity contribution in [3.05, 3.63) is 71.7 Å². The van der Waals surface area contributed by atoms with Gasteiger partial charge in [-0.05, 0) is 11.6 Å². The number of rotatable bonds is 6. The summed E-state index contributed by atoms with van der Waals surface area (Å²) in [6.45, 7) is 0. The second-order valence-corrected chi connectivity index (χ2v) is 5.02. The molecule has 0 unspecified atom stereocenters. The number of aliphatic hydroxyl groups excluding tert-OH is 1. The van der Waals surface area contributed by atoms with E-state index in [2.05, 4.69) is 15.2 Å². The van der Waals surface area contributed by atoms with Crippen molar-refractivity contribution in [3.63, 3.8) is 0 Å². The Morgan fingerprint density at radius 1 is 1.33 bits per heavy atom. The van der Waals surface area contributed by atoms with Crippen LogP contribution in [0.15, 0.2) is 53.6 Å². The van der Waals surface area contributed by atoms with Crippen molar-refractivity contribution in [2.75, 3.05) is 7.11 Å². The number of aromatic nitrogens is 3. The summed E-state index contributed by atoms with van der Waals surface area (Å²) in [6, 6.07) is 7.54. The van der Waals surface area contributed by atoms with Crippen molar-refractivity contribution < 1.29 is 19.1 Å². The fourth-order valence-electron chi connectivity index (χ4n) is 2.33. The summed E-state index contributed by atoms with van der Waals surface area (Å²) in [7, 11) is 1.60. The number of aliphatic hydroxyl groups is 1. The number of nitrogens with zero attached hydrogens (tertiary/aromatic N) is 2. The zero-order valence-corrected chi connectivity index (χ0v) is 12.9. The maximum Gasteiger partial charge on any atom is 0.215 e. The molecule has 0 spiro atoms. The number of para-hydroxylation sites is 1. The molecule has 0 bridgehead atoms. The van der Waals surface area contributed by atoms with Gasteiger partial charge in [0.15, 0.2) is 11.5 Å². The van der Waals surface area contributed by atoms with Crippen LogP contribution in [-0.2, 0) is 6.42 Å². The molecule has 7 heteroatoms. The SMILES string of the molecule is COc1ccccc1Cc1cocc1C(=O)C=C(O)c1nc[nH]n1. The lowest BCUT2D eigenvalue weighted by Crippen LogP contribution is -2.01. The molecule has 2 heterocycles. The van der Waals surface area contributed by atoms with E-state index in [1.165, 1.54) is 18.9 Å². The number of ether oxygens (including phenoxy) is 1. The molecule has 0 aliphatic rings. The highest BCUT2D eigenvalue weighted by molar-refractivity contribution is 6.08. The minimum Gasteiger partial charge on any atom is -0.504 e. The third-order valence-electron chi connectivity index (χ3n) is 3.49. The molecule has 0 aliphatic carbocycles. The first kappa shape index (κ1) is 15.5. The van der Waals surface area contributed by atoms with Crippen LogP contribution >= 0.6 is 0 Å². The average molecular weight is 325 g/mol. The Bertz CT molecular complexity index is 866. The molecule has 1 aromatic carbocycles. The summed E-state index contributed by atoms with van der Waals surface area (Å²) in [5.41, 5.74) is 1.99. The molecular weight excluding hydrogens is 310 g/mol. The van der Waals surface area contributed by atoms with E-state index < -0.39 is 5.78 Å². The normalized spacial score (nSPS) is 11.5. The lowest BCUT2D eigenvalue weighted by atomic mass is 10.0. The van der Waals surface area contributed by atoms with Crippen molar-refractivity contribution in [1.82, 2.24) is 15.2 Å². The minimum atomic E-state index is -0.393. The van der Waals surface area contributed by atoms with Gasteiger partial charge in [-0.1, -0.05) is 18.2 Å². The minimum absolute atomic E-state index is 0.0538. The molecule has 24 heavy (non-hydrogen) atoms. The number of ketones is 1. The smallest absolute Gasteiger partial charge is 0.215 e. The molecular formula is C17H15N3O4. The van der Waals surface area contributed by atoms with Crippen LogP contribution in [0.4, 0.5) is 0 Å².